The maximum absolute atomic E-state index is 12.6. The molecule has 2 fully saturated rings. The molecule has 2 amide bonds. The summed E-state index contributed by atoms with van der Waals surface area (Å²) in [6.07, 6.45) is 2.98. The number of sulfonamides is 1. The van der Waals surface area contributed by atoms with E-state index < -0.39 is 16.1 Å². The summed E-state index contributed by atoms with van der Waals surface area (Å²) in [5, 5.41) is 2.52. The predicted octanol–water partition coefficient (Wildman–Crippen LogP) is -0.191. The first kappa shape index (κ1) is 17.0. The van der Waals surface area contributed by atoms with Crippen LogP contribution in [0.2, 0.25) is 0 Å². The molecule has 3 atom stereocenters. The van der Waals surface area contributed by atoms with Gasteiger partial charge < -0.3 is 14.6 Å². The third kappa shape index (κ3) is 2.71. The van der Waals surface area contributed by atoms with Crippen molar-refractivity contribution in [1.29, 1.82) is 0 Å². The Morgan fingerprint density at radius 3 is 2.58 bits per heavy atom. The van der Waals surface area contributed by atoms with Crippen molar-refractivity contribution >= 4 is 21.8 Å². The van der Waals surface area contributed by atoms with Crippen LogP contribution >= 0.6 is 0 Å². The van der Waals surface area contributed by atoms with Crippen LogP contribution in [0.1, 0.15) is 22.5 Å². The molecule has 2 aliphatic heterocycles. The molecule has 0 bridgehead atoms. The third-order valence-electron chi connectivity index (χ3n) is 4.84. The standard InChI is InChI=1S/C15H21N3O5S/c1-9-4-5-23-13(9)15(20)17-7-10-6-11(14(19)16-2)18(12(10)8-17)24(3,21)22/h4-5,10-12H,6-8H2,1-3H3,(H,16,19)/t10-,11-,12+/m0/s1. The summed E-state index contributed by atoms with van der Waals surface area (Å²) in [4.78, 5) is 26.2. The fourth-order valence-electron chi connectivity index (χ4n) is 3.76. The van der Waals surface area contributed by atoms with Crippen molar-refractivity contribution < 1.29 is 22.4 Å². The number of carbonyl (C=O) groups excluding carboxylic acids is 2. The maximum Gasteiger partial charge on any atom is 0.289 e. The molecule has 3 rings (SSSR count). The van der Waals surface area contributed by atoms with Crippen LogP contribution in [-0.4, -0.2) is 67.9 Å². The average Bonchev–Trinajstić information content (AvgIpc) is 3.17. The molecule has 0 aliphatic carbocycles. The number of aryl methyl sites for hydroxylation is 1. The first-order valence-electron chi connectivity index (χ1n) is 7.77. The quantitative estimate of drug-likeness (QED) is 0.810. The van der Waals surface area contributed by atoms with Gasteiger partial charge in [0.15, 0.2) is 5.76 Å². The topological polar surface area (TPSA) is 99.9 Å². The van der Waals surface area contributed by atoms with Crippen molar-refractivity contribution in [3.05, 3.63) is 23.7 Å². The van der Waals surface area contributed by atoms with Gasteiger partial charge >= 0.3 is 0 Å². The van der Waals surface area contributed by atoms with E-state index >= 15 is 0 Å². The third-order valence-corrected chi connectivity index (χ3v) is 6.13. The van der Waals surface area contributed by atoms with E-state index in [0.717, 1.165) is 11.8 Å². The van der Waals surface area contributed by atoms with E-state index in [1.165, 1.54) is 17.6 Å². The number of carbonyl (C=O) groups is 2. The predicted molar refractivity (Wildman–Crippen MR) is 85.8 cm³/mol. The highest BCUT2D eigenvalue weighted by atomic mass is 32.2. The lowest BCUT2D eigenvalue weighted by molar-refractivity contribution is -0.124. The lowest BCUT2D eigenvalue weighted by Gasteiger charge is -2.27. The SMILES string of the molecule is CNC(=O)[C@@H]1C[C@H]2CN(C(=O)c3occc3C)C[C@H]2N1S(C)(=O)=O. The van der Waals surface area contributed by atoms with Crippen molar-refractivity contribution in [3.63, 3.8) is 0 Å². The minimum absolute atomic E-state index is 0.0544. The minimum Gasteiger partial charge on any atom is -0.459 e. The van der Waals surface area contributed by atoms with Gasteiger partial charge in [0, 0.05) is 31.7 Å². The van der Waals surface area contributed by atoms with Gasteiger partial charge in [-0.15, -0.1) is 0 Å². The highest BCUT2D eigenvalue weighted by molar-refractivity contribution is 7.88. The van der Waals surface area contributed by atoms with Crippen molar-refractivity contribution in [2.45, 2.75) is 25.4 Å². The fraction of sp³-hybridized carbons (Fsp3) is 0.600. The highest BCUT2D eigenvalue weighted by Crippen LogP contribution is 2.38. The number of likely N-dealkylation sites (N-methyl/N-ethyl adjacent to an activating group) is 1. The van der Waals surface area contributed by atoms with Gasteiger partial charge in [0.2, 0.25) is 15.9 Å². The van der Waals surface area contributed by atoms with Gasteiger partial charge in [0.1, 0.15) is 6.04 Å². The van der Waals surface area contributed by atoms with E-state index in [-0.39, 0.29) is 36.1 Å². The molecule has 0 unspecified atom stereocenters. The number of amides is 2. The van der Waals surface area contributed by atoms with E-state index in [2.05, 4.69) is 5.32 Å². The van der Waals surface area contributed by atoms with Gasteiger partial charge in [-0.2, -0.15) is 4.31 Å². The number of furan rings is 1. The summed E-state index contributed by atoms with van der Waals surface area (Å²) in [7, 11) is -2.07. The summed E-state index contributed by atoms with van der Waals surface area (Å²) in [6, 6.07) is 0.637. The Bertz CT molecular complexity index is 772. The van der Waals surface area contributed by atoms with Gasteiger partial charge in [-0.25, -0.2) is 8.42 Å². The average molecular weight is 355 g/mol. The van der Waals surface area contributed by atoms with Crippen LogP contribution in [0.3, 0.4) is 0 Å². The molecule has 2 aliphatic rings. The van der Waals surface area contributed by atoms with Crippen molar-refractivity contribution in [2.24, 2.45) is 5.92 Å². The number of fused-ring (bicyclic) bond motifs is 1. The highest BCUT2D eigenvalue weighted by Gasteiger charge is 2.53. The number of likely N-dealkylation sites (tertiary alicyclic amines) is 1. The van der Waals surface area contributed by atoms with Crippen LogP contribution < -0.4 is 5.32 Å². The van der Waals surface area contributed by atoms with Crippen LogP contribution in [0, 0.1) is 12.8 Å². The van der Waals surface area contributed by atoms with Crippen LogP contribution in [0.25, 0.3) is 0 Å². The summed E-state index contributed by atoms with van der Waals surface area (Å²) < 4.78 is 30.9. The van der Waals surface area contributed by atoms with Gasteiger partial charge in [-0.1, -0.05) is 0 Å². The lowest BCUT2D eigenvalue weighted by Crippen LogP contribution is -2.49. The molecule has 1 aromatic rings. The van der Waals surface area contributed by atoms with Crippen LogP contribution in [0.15, 0.2) is 16.7 Å². The Morgan fingerprint density at radius 2 is 2.04 bits per heavy atom. The van der Waals surface area contributed by atoms with E-state index in [1.807, 2.05) is 0 Å². The normalized spacial score (nSPS) is 27.3. The van der Waals surface area contributed by atoms with Gasteiger partial charge in [-0.05, 0) is 25.3 Å². The number of hydrogen-bond acceptors (Lipinski definition) is 5. The van der Waals surface area contributed by atoms with Gasteiger partial charge in [0.25, 0.3) is 5.91 Å². The Labute approximate surface area is 140 Å². The Morgan fingerprint density at radius 1 is 1.33 bits per heavy atom. The summed E-state index contributed by atoms with van der Waals surface area (Å²) >= 11 is 0. The molecule has 9 heteroatoms. The first-order valence-corrected chi connectivity index (χ1v) is 9.62. The zero-order valence-corrected chi connectivity index (χ0v) is 14.7. The van der Waals surface area contributed by atoms with E-state index in [0.29, 0.717) is 13.0 Å². The smallest absolute Gasteiger partial charge is 0.289 e. The van der Waals surface area contributed by atoms with Gasteiger partial charge in [0.05, 0.1) is 12.5 Å². The maximum atomic E-state index is 12.6. The molecule has 1 N–H and O–H groups in total. The number of nitrogens with one attached hydrogen (secondary N) is 1. The molecule has 3 heterocycles. The summed E-state index contributed by atoms with van der Waals surface area (Å²) in [5.74, 6) is -0.323. The molecule has 1 aromatic heterocycles. The molecule has 0 spiro atoms. The second kappa shape index (κ2) is 5.89. The molecule has 0 aromatic carbocycles. The Hall–Kier alpha value is -1.87. The van der Waals surface area contributed by atoms with Crippen molar-refractivity contribution in [1.82, 2.24) is 14.5 Å². The van der Waals surface area contributed by atoms with Crippen LogP contribution in [-0.2, 0) is 14.8 Å². The van der Waals surface area contributed by atoms with E-state index in [9.17, 15) is 18.0 Å². The Balaban J connectivity index is 1.83. The van der Waals surface area contributed by atoms with Crippen LogP contribution in [0.5, 0.6) is 0 Å². The summed E-state index contributed by atoms with van der Waals surface area (Å²) in [6.45, 7) is 2.48. The monoisotopic (exact) mass is 355 g/mol. The van der Waals surface area contributed by atoms with E-state index in [4.69, 9.17) is 4.42 Å². The molecule has 24 heavy (non-hydrogen) atoms. The first-order chi connectivity index (χ1) is 11.2. The molecular formula is C15H21N3O5S. The lowest BCUT2D eigenvalue weighted by atomic mass is 10.0. The number of nitrogens with zero attached hydrogens (tertiary/aromatic N) is 2. The zero-order valence-electron chi connectivity index (χ0n) is 13.9. The molecular weight excluding hydrogens is 334 g/mol. The summed E-state index contributed by atoms with van der Waals surface area (Å²) in [5.41, 5.74) is 0.750. The minimum atomic E-state index is -3.56. The largest absolute Gasteiger partial charge is 0.459 e. The molecule has 0 saturated carbocycles. The molecule has 0 radical (unpaired) electrons. The second-order valence-corrected chi connectivity index (χ2v) is 8.32. The fourth-order valence-corrected chi connectivity index (χ4v) is 5.14. The molecule has 8 nitrogen and oxygen atoms in total. The zero-order chi connectivity index (χ0) is 17.6. The number of hydrogen-bond donors (Lipinski definition) is 1. The van der Waals surface area contributed by atoms with Crippen molar-refractivity contribution in [2.75, 3.05) is 26.4 Å². The Kier molecular flexibility index (Phi) is 4.16. The van der Waals surface area contributed by atoms with Gasteiger partial charge in [-0.3, -0.25) is 9.59 Å². The second-order valence-electron chi connectivity index (χ2n) is 6.43. The van der Waals surface area contributed by atoms with E-state index in [1.54, 1.807) is 17.9 Å². The van der Waals surface area contributed by atoms with Crippen molar-refractivity contribution in [3.8, 4) is 0 Å². The van der Waals surface area contributed by atoms with Crippen LogP contribution in [0.4, 0.5) is 0 Å². The number of rotatable bonds is 3. The molecule has 132 valence electrons. The molecule has 2 saturated heterocycles.